The minimum absolute atomic E-state index is 0.00580. The molecule has 0 unspecified atom stereocenters. The summed E-state index contributed by atoms with van der Waals surface area (Å²) >= 11 is 0. The summed E-state index contributed by atoms with van der Waals surface area (Å²) in [4.78, 5) is 41.8. The number of para-hydroxylation sites is 3. The van der Waals surface area contributed by atoms with Crippen molar-refractivity contribution in [2.24, 2.45) is 0 Å². The third-order valence-corrected chi connectivity index (χ3v) is 6.16. The summed E-state index contributed by atoms with van der Waals surface area (Å²) in [6, 6.07) is 13.7. The lowest BCUT2D eigenvalue weighted by Crippen LogP contribution is -2.50. The molecular formula is C25H30N4O5. The van der Waals surface area contributed by atoms with E-state index in [1.807, 2.05) is 29.2 Å². The van der Waals surface area contributed by atoms with Crippen molar-refractivity contribution in [3.8, 4) is 11.5 Å². The van der Waals surface area contributed by atoms with E-state index in [9.17, 15) is 14.4 Å². The zero-order valence-electron chi connectivity index (χ0n) is 19.3. The molecule has 1 fully saturated rings. The molecule has 0 bridgehead atoms. The predicted molar refractivity (Wildman–Crippen MR) is 127 cm³/mol. The van der Waals surface area contributed by atoms with Crippen LogP contribution in [0.1, 0.15) is 23.2 Å². The molecule has 180 valence electrons. The fourth-order valence-corrected chi connectivity index (χ4v) is 4.18. The van der Waals surface area contributed by atoms with Gasteiger partial charge in [-0.05, 0) is 30.7 Å². The van der Waals surface area contributed by atoms with Gasteiger partial charge in [0.25, 0.3) is 5.91 Å². The lowest BCUT2D eigenvalue weighted by atomic mass is 10.1. The molecule has 2 aliphatic rings. The van der Waals surface area contributed by atoms with E-state index < -0.39 is 6.04 Å². The Labute approximate surface area is 199 Å². The number of methoxy groups -OCH3 is 1. The Hall–Kier alpha value is -3.59. The van der Waals surface area contributed by atoms with Crippen LogP contribution in [-0.2, 0) is 9.59 Å². The van der Waals surface area contributed by atoms with Gasteiger partial charge >= 0.3 is 0 Å². The van der Waals surface area contributed by atoms with Crippen LogP contribution in [0.25, 0.3) is 0 Å². The summed E-state index contributed by atoms with van der Waals surface area (Å²) in [5.41, 5.74) is 0.917. The number of piperazine rings is 1. The van der Waals surface area contributed by atoms with Crippen LogP contribution in [0.2, 0.25) is 0 Å². The van der Waals surface area contributed by atoms with Crippen LogP contribution in [0, 0.1) is 0 Å². The van der Waals surface area contributed by atoms with Crippen molar-refractivity contribution >= 4 is 23.4 Å². The number of hydrogen-bond donors (Lipinski definition) is 2. The molecule has 0 spiro atoms. The molecule has 9 nitrogen and oxygen atoms in total. The Morgan fingerprint density at radius 1 is 1.00 bits per heavy atom. The van der Waals surface area contributed by atoms with Crippen molar-refractivity contribution in [1.29, 1.82) is 0 Å². The van der Waals surface area contributed by atoms with Crippen molar-refractivity contribution in [3.05, 3.63) is 54.1 Å². The molecule has 1 saturated heterocycles. The third kappa shape index (κ3) is 5.66. The average Bonchev–Trinajstić information content (AvgIpc) is 2.98. The summed E-state index contributed by atoms with van der Waals surface area (Å²) in [6.07, 6.45) is 0.461. The predicted octanol–water partition coefficient (Wildman–Crippen LogP) is 1.75. The number of carbonyl (C=O) groups excluding carboxylic acids is 3. The van der Waals surface area contributed by atoms with Crippen LogP contribution < -0.4 is 20.1 Å². The standard InChI is InChI=1S/C25H30N4O5/c1-33-21-8-4-5-9-22(21)34-17-16-28-12-14-29(15-13-28)23(30)11-10-20-25(32)26-19-7-3-2-6-18(19)24(31)27-20/h2-9,20H,10-17H2,1H3,(H,26,32)(H,27,31)/t20-/m1/s1. The monoisotopic (exact) mass is 466 g/mol. The Morgan fingerprint density at radius 2 is 1.71 bits per heavy atom. The van der Waals surface area contributed by atoms with Gasteiger partial charge < -0.3 is 25.0 Å². The van der Waals surface area contributed by atoms with Gasteiger partial charge in [-0.25, -0.2) is 0 Å². The van der Waals surface area contributed by atoms with Crippen molar-refractivity contribution < 1.29 is 23.9 Å². The number of nitrogens with zero attached hydrogens (tertiary/aromatic N) is 2. The smallest absolute Gasteiger partial charge is 0.254 e. The molecular weight excluding hydrogens is 436 g/mol. The maximum atomic E-state index is 12.7. The Morgan fingerprint density at radius 3 is 2.47 bits per heavy atom. The fraction of sp³-hybridized carbons (Fsp3) is 0.400. The first-order valence-electron chi connectivity index (χ1n) is 11.5. The van der Waals surface area contributed by atoms with Crippen LogP contribution >= 0.6 is 0 Å². The van der Waals surface area contributed by atoms with E-state index in [-0.39, 0.29) is 30.6 Å². The lowest BCUT2D eigenvalue weighted by Gasteiger charge is -2.34. The highest BCUT2D eigenvalue weighted by atomic mass is 16.5. The van der Waals surface area contributed by atoms with Crippen molar-refractivity contribution in [2.45, 2.75) is 18.9 Å². The first kappa shape index (κ1) is 23.6. The van der Waals surface area contributed by atoms with E-state index in [2.05, 4.69) is 15.5 Å². The summed E-state index contributed by atoms with van der Waals surface area (Å²) in [6.45, 7) is 4.07. The van der Waals surface area contributed by atoms with Gasteiger partial charge in [-0.15, -0.1) is 0 Å². The molecule has 0 aliphatic carbocycles. The van der Waals surface area contributed by atoms with Crippen LogP contribution in [0.3, 0.4) is 0 Å². The maximum absolute atomic E-state index is 12.7. The van der Waals surface area contributed by atoms with E-state index in [0.29, 0.717) is 36.7 Å². The topological polar surface area (TPSA) is 100 Å². The molecule has 0 saturated carbocycles. The first-order chi connectivity index (χ1) is 16.5. The van der Waals surface area contributed by atoms with Crippen molar-refractivity contribution in [2.75, 3.05) is 51.8 Å². The zero-order chi connectivity index (χ0) is 23.9. The minimum Gasteiger partial charge on any atom is -0.493 e. The van der Waals surface area contributed by atoms with E-state index in [1.54, 1.807) is 31.4 Å². The second-order valence-corrected chi connectivity index (χ2v) is 8.32. The number of fused-ring (bicyclic) bond motifs is 1. The van der Waals surface area contributed by atoms with Gasteiger partial charge in [-0.2, -0.15) is 0 Å². The molecule has 34 heavy (non-hydrogen) atoms. The van der Waals surface area contributed by atoms with Crippen molar-refractivity contribution in [1.82, 2.24) is 15.1 Å². The molecule has 2 heterocycles. The first-order valence-corrected chi connectivity index (χ1v) is 11.5. The van der Waals surface area contributed by atoms with Crippen LogP contribution in [0.4, 0.5) is 5.69 Å². The van der Waals surface area contributed by atoms with Crippen LogP contribution in [-0.4, -0.2) is 80.0 Å². The fourth-order valence-electron chi connectivity index (χ4n) is 4.18. The molecule has 1 atom stereocenters. The number of anilines is 1. The Bertz CT molecular complexity index is 1040. The molecule has 2 N–H and O–H groups in total. The SMILES string of the molecule is COc1ccccc1OCCN1CCN(C(=O)CC[C@H]2NC(=O)c3ccccc3NC2=O)CC1. The molecule has 2 aromatic rings. The molecule has 3 amide bonds. The number of hydrogen-bond acceptors (Lipinski definition) is 6. The Balaban J connectivity index is 1.19. The van der Waals surface area contributed by atoms with Crippen LogP contribution in [0.5, 0.6) is 11.5 Å². The highest BCUT2D eigenvalue weighted by Gasteiger charge is 2.29. The number of benzene rings is 2. The van der Waals surface area contributed by atoms with Crippen molar-refractivity contribution in [3.63, 3.8) is 0 Å². The molecule has 9 heteroatoms. The van der Waals surface area contributed by atoms with Gasteiger partial charge in [0.2, 0.25) is 11.8 Å². The number of rotatable bonds is 8. The zero-order valence-corrected chi connectivity index (χ0v) is 19.3. The highest BCUT2D eigenvalue weighted by Crippen LogP contribution is 2.25. The van der Waals surface area contributed by atoms with Gasteiger partial charge in [-0.3, -0.25) is 19.3 Å². The summed E-state index contributed by atoms with van der Waals surface area (Å²) in [5.74, 6) is 0.812. The van der Waals surface area contributed by atoms with Gasteiger partial charge in [-0.1, -0.05) is 24.3 Å². The normalized spacial score (nSPS) is 18.4. The number of nitrogens with one attached hydrogen (secondary N) is 2. The van der Waals surface area contributed by atoms with Gasteiger partial charge in [0.1, 0.15) is 12.6 Å². The molecule has 2 aromatic carbocycles. The summed E-state index contributed by atoms with van der Waals surface area (Å²) < 4.78 is 11.1. The molecule has 4 rings (SSSR count). The largest absolute Gasteiger partial charge is 0.493 e. The minimum atomic E-state index is -0.739. The molecule has 2 aliphatic heterocycles. The van der Waals surface area contributed by atoms with Gasteiger partial charge in [0.15, 0.2) is 11.5 Å². The van der Waals surface area contributed by atoms with Gasteiger partial charge in [0.05, 0.1) is 18.4 Å². The summed E-state index contributed by atoms with van der Waals surface area (Å²) in [5, 5.41) is 5.52. The second-order valence-electron chi connectivity index (χ2n) is 8.32. The number of carbonyl (C=O) groups is 3. The number of amides is 3. The van der Waals surface area contributed by atoms with E-state index >= 15 is 0 Å². The maximum Gasteiger partial charge on any atom is 0.254 e. The highest BCUT2D eigenvalue weighted by molar-refractivity contribution is 6.09. The number of ether oxygens (including phenoxy) is 2. The quantitative estimate of drug-likeness (QED) is 0.615. The van der Waals surface area contributed by atoms with Crippen LogP contribution in [0.15, 0.2) is 48.5 Å². The lowest BCUT2D eigenvalue weighted by molar-refractivity contribution is -0.133. The second kappa shape index (κ2) is 11.0. The van der Waals surface area contributed by atoms with E-state index in [0.717, 1.165) is 25.4 Å². The Kier molecular flexibility index (Phi) is 7.64. The third-order valence-electron chi connectivity index (χ3n) is 6.16. The molecule has 0 radical (unpaired) electrons. The molecule has 0 aromatic heterocycles. The van der Waals surface area contributed by atoms with E-state index in [4.69, 9.17) is 9.47 Å². The van der Waals surface area contributed by atoms with E-state index in [1.165, 1.54) is 0 Å². The van der Waals surface area contributed by atoms with Gasteiger partial charge in [0, 0.05) is 39.1 Å². The summed E-state index contributed by atoms with van der Waals surface area (Å²) in [7, 11) is 1.62. The average molecular weight is 467 g/mol.